The Kier molecular flexibility index (Phi) is 7.78. The molecule has 0 unspecified atom stereocenters. The topological polar surface area (TPSA) is 93.2 Å². The number of piperazine rings is 1. The first kappa shape index (κ1) is 24.9. The van der Waals surface area contributed by atoms with E-state index in [1.165, 1.54) is 11.0 Å². The van der Waals surface area contributed by atoms with Crippen molar-refractivity contribution in [3.8, 4) is 0 Å². The van der Waals surface area contributed by atoms with Gasteiger partial charge in [0.15, 0.2) is 0 Å². The van der Waals surface area contributed by atoms with Gasteiger partial charge in [0.25, 0.3) is 0 Å². The quantitative estimate of drug-likeness (QED) is 0.484. The van der Waals surface area contributed by atoms with Crippen LogP contribution >= 0.6 is 24.2 Å². The Hall–Kier alpha value is -2.18. The van der Waals surface area contributed by atoms with E-state index in [4.69, 9.17) is 12.2 Å². The fraction of sp³-hybridized carbons (Fsp3) is 0.391. The molecule has 1 atom stereocenters. The molecule has 8 nitrogen and oxygen atoms in total. The molecule has 0 aliphatic carbocycles. The van der Waals surface area contributed by atoms with Crippen molar-refractivity contribution in [1.82, 2.24) is 13.9 Å². The van der Waals surface area contributed by atoms with Gasteiger partial charge in [-0.25, -0.2) is 8.42 Å². The molecule has 2 aliphatic rings. The summed E-state index contributed by atoms with van der Waals surface area (Å²) in [5.74, 6) is -1.18. The number of thiocarbonyl (C=S) groups is 1. The minimum Gasteiger partial charge on any atom is -0.480 e. The van der Waals surface area contributed by atoms with Crippen LogP contribution in [0.25, 0.3) is 0 Å². The Morgan fingerprint density at radius 1 is 1.12 bits per heavy atom. The van der Waals surface area contributed by atoms with E-state index < -0.39 is 22.0 Å². The molecule has 0 aromatic heterocycles. The van der Waals surface area contributed by atoms with Gasteiger partial charge in [-0.05, 0) is 38.1 Å². The predicted octanol–water partition coefficient (Wildman–Crippen LogP) is 2.11. The number of rotatable bonds is 9. The van der Waals surface area contributed by atoms with Gasteiger partial charge in [-0.15, -0.1) is 0 Å². The molecule has 34 heavy (non-hydrogen) atoms. The smallest absolute Gasteiger partial charge is 0.321 e. The molecule has 2 N–H and O–H groups in total. The second-order valence-electron chi connectivity index (χ2n) is 8.53. The van der Waals surface area contributed by atoms with Crippen LogP contribution in [-0.4, -0.2) is 79.5 Å². The Bertz CT molecular complexity index is 1170. The first-order valence-corrected chi connectivity index (χ1v) is 14.1. The summed E-state index contributed by atoms with van der Waals surface area (Å²) in [4.78, 5) is 18.2. The Labute approximate surface area is 210 Å². The van der Waals surface area contributed by atoms with E-state index in [-0.39, 0.29) is 11.3 Å². The molecule has 11 heteroatoms. The number of carboxylic acids is 1. The number of nitrogens with one attached hydrogen (secondary N) is 1. The molecule has 2 heterocycles. The molecule has 0 radical (unpaired) electrons. The molecular formula is C23H30N4O4S3. The van der Waals surface area contributed by atoms with E-state index in [9.17, 15) is 18.3 Å². The SMILES string of the molecule is CN1CCN(c2ccccc2S(=O)(=O)N[C@H](CCCN2[SH2]c3ccccc3C2=S)C(=O)O)CC1. The van der Waals surface area contributed by atoms with Crippen LogP contribution in [0.15, 0.2) is 58.3 Å². The highest BCUT2D eigenvalue weighted by Crippen LogP contribution is 2.36. The molecule has 184 valence electrons. The zero-order chi connectivity index (χ0) is 24.3. The number of anilines is 1. The van der Waals surface area contributed by atoms with Crippen LogP contribution in [0.4, 0.5) is 5.69 Å². The maximum atomic E-state index is 13.3. The van der Waals surface area contributed by atoms with Gasteiger partial charge in [0, 0.05) is 43.2 Å². The second kappa shape index (κ2) is 10.6. The summed E-state index contributed by atoms with van der Waals surface area (Å²) >= 11 is 5.97. The molecule has 2 aromatic carbocycles. The van der Waals surface area contributed by atoms with Crippen LogP contribution in [0.3, 0.4) is 0 Å². The van der Waals surface area contributed by atoms with Gasteiger partial charge in [0.1, 0.15) is 15.9 Å². The van der Waals surface area contributed by atoms with Crippen molar-refractivity contribution < 1.29 is 18.3 Å². The Morgan fingerprint density at radius 3 is 2.50 bits per heavy atom. The summed E-state index contributed by atoms with van der Waals surface area (Å²) in [5.41, 5.74) is 1.65. The molecule has 1 fully saturated rings. The third-order valence-electron chi connectivity index (χ3n) is 6.13. The van der Waals surface area contributed by atoms with E-state index >= 15 is 0 Å². The van der Waals surface area contributed by atoms with E-state index in [1.54, 1.807) is 18.2 Å². The average Bonchev–Trinajstić information content (AvgIpc) is 3.14. The maximum absolute atomic E-state index is 13.3. The number of carbonyl (C=O) groups is 1. The van der Waals surface area contributed by atoms with Crippen LogP contribution in [-0.2, 0) is 14.8 Å². The lowest BCUT2D eigenvalue weighted by molar-refractivity contribution is -0.139. The third kappa shape index (κ3) is 5.55. The molecule has 0 bridgehead atoms. The minimum absolute atomic E-state index is 0.114. The Balaban J connectivity index is 1.41. The van der Waals surface area contributed by atoms with E-state index in [0.717, 1.165) is 23.6 Å². The highest BCUT2D eigenvalue weighted by atomic mass is 32.2. The standard InChI is InChI=1S/C23H30N4O4S3/c1-25-13-15-26(16-14-25)19-9-3-5-11-21(19)34(30,31)24-18(23(28)29)8-6-12-27-22(32)17-7-2-4-10-20(17)33-27/h2-5,7,9-11,18,24H,6,8,12-16,33H2,1H3,(H,28,29)/t18-/m1/s1. The van der Waals surface area contributed by atoms with Crippen LogP contribution in [0, 0.1) is 0 Å². The molecule has 1 saturated heterocycles. The molecule has 4 rings (SSSR count). The van der Waals surface area contributed by atoms with Gasteiger partial charge >= 0.3 is 5.97 Å². The van der Waals surface area contributed by atoms with Gasteiger partial charge in [-0.2, -0.15) is 16.7 Å². The van der Waals surface area contributed by atoms with Crippen molar-refractivity contribution in [2.24, 2.45) is 0 Å². The fourth-order valence-electron chi connectivity index (χ4n) is 4.20. The lowest BCUT2D eigenvalue weighted by atomic mass is 10.1. The van der Waals surface area contributed by atoms with Crippen molar-refractivity contribution in [3.05, 3.63) is 54.1 Å². The number of nitrogens with zero attached hydrogens (tertiary/aromatic N) is 3. The monoisotopic (exact) mass is 522 g/mol. The lowest BCUT2D eigenvalue weighted by Crippen LogP contribution is -2.46. The first-order valence-electron chi connectivity index (χ1n) is 11.2. The first-order chi connectivity index (χ1) is 16.3. The molecular weight excluding hydrogens is 492 g/mol. The molecule has 0 amide bonds. The van der Waals surface area contributed by atoms with Crippen molar-refractivity contribution in [1.29, 1.82) is 0 Å². The summed E-state index contributed by atoms with van der Waals surface area (Å²) in [6.07, 6.45) is 0.673. The van der Waals surface area contributed by atoms with E-state index in [1.807, 2.05) is 36.2 Å². The number of hydrogen-bond acceptors (Lipinski definition) is 6. The van der Waals surface area contributed by atoms with Crippen LogP contribution in [0.5, 0.6) is 0 Å². The molecule has 2 aromatic rings. The van der Waals surface area contributed by atoms with Gasteiger partial charge in [0.05, 0.1) is 5.69 Å². The zero-order valence-corrected chi connectivity index (χ0v) is 21.6. The van der Waals surface area contributed by atoms with E-state index in [2.05, 4.69) is 13.9 Å². The number of carboxylic acid groups (broad SMARTS) is 1. The van der Waals surface area contributed by atoms with Crippen LogP contribution in [0.2, 0.25) is 0 Å². The third-order valence-corrected chi connectivity index (χ3v) is 9.64. The minimum atomic E-state index is -4.03. The summed E-state index contributed by atoms with van der Waals surface area (Å²) in [6.45, 7) is 3.68. The number of para-hydroxylation sites is 1. The largest absolute Gasteiger partial charge is 0.480 e. The van der Waals surface area contributed by atoms with Crippen LogP contribution in [0.1, 0.15) is 18.4 Å². The van der Waals surface area contributed by atoms with Gasteiger partial charge in [-0.3, -0.25) is 4.79 Å². The number of hydrogen-bond donors (Lipinski definition) is 2. The molecule has 0 spiro atoms. The number of fused-ring (bicyclic) bond motifs is 1. The summed E-state index contributed by atoms with van der Waals surface area (Å²) in [7, 11) is -1.99. The normalized spacial score (nSPS) is 18.8. The zero-order valence-electron chi connectivity index (χ0n) is 19.0. The van der Waals surface area contributed by atoms with Crippen molar-refractivity contribution in [2.75, 3.05) is 44.7 Å². The summed E-state index contributed by atoms with van der Waals surface area (Å²) in [6, 6.07) is 13.5. The Morgan fingerprint density at radius 2 is 1.79 bits per heavy atom. The van der Waals surface area contributed by atoms with Gasteiger partial charge < -0.3 is 19.2 Å². The van der Waals surface area contributed by atoms with Gasteiger partial charge in [0.2, 0.25) is 10.0 Å². The molecule has 2 aliphatic heterocycles. The summed E-state index contributed by atoms with van der Waals surface area (Å²) < 4.78 is 31.0. The predicted molar refractivity (Wildman–Crippen MR) is 141 cm³/mol. The second-order valence-corrected chi connectivity index (χ2v) is 11.9. The van der Waals surface area contributed by atoms with E-state index in [0.29, 0.717) is 43.7 Å². The highest BCUT2D eigenvalue weighted by molar-refractivity contribution is 7.99. The van der Waals surface area contributed by atoms with Crippen molar-refractivity contribution in [3.63, 3.8) is 0 Å². The number of benzene rings is 2. The van der Waals surface area contributed by atoms with Crippen molar-refractivity contribution >= 4 is 50.8 Å². The number of likely N-dealkylation sites (N-methyl/N-ethyl adjacent to an activating group) is 1. The van der Waals surface area contributed by atoms with Crippen molar-refractivity contribution in [2.45, 2.75) is 28.7 Å². The molecule has 0 saturated carbocycles. The highest BCUT2D eigenvalue weighted by Gasteiger charge is 2.29. The van der Waals surface area contributed by atoms with Crippen LogP contribution < -0.4 is 9.62 Å². The average molecular weight is 523 g/mol. The maximum Gasteiger partial charge on any atom is 0.321 e. The number of sulfonamides is 1. The number of aliphatic carboxylic acids is 1. The lowest BCUT2D eigenvalue weighted by Gasteiger charge is -2.35. The summed E-state index contributed by atoms with van der Waals surface area (Å²) in [5, 5.41) is 9.74. The fourth-order valence-corrected chi connectivity index (χ4v) is 7.42. The van der Waals surface area contributed by atoms with Gasteiger partial charge in [-0.1, -0.05) is 42.5 Å².